The number of fused-ring (bicyclic) bond motifs is 1. The summed E-state index contributed by atoms with van der Waals surface area (Å²) >= 11 is 6.07. The lowest BCUT2D eigenvalue weighted by molar-refractivity contribution is 0.293. The summed E-state index contributed by atoms with van der Waals surface area (Å²) in [6, 6.07) is 23.0. The number of para-hydroxylation sites is 2. The van der Waals surface area contributed by atoms with Crippen LogP contribution in [0.3, 0.4) is 0 Å². The van der Waals surface area contributed by atoms with Crippen molar-refractivity contribution in [3.8, 4) is 17.1 Å². The molecular weight excluding hydrogens is 420 g/mol. The minimum atomic E-state index is -0.0457. The van der Waals surface area contributed by atoms with Crippen molar-refractivity contribution >= 4 is 22.5 Å². The second kappa shape index (κ2) is 9.17. The third-order valence-electron chi connectivity index (χ3n) is 5.44. The molecule has 0 fully saturated rings. The number of halogens is 1. The highest BCUT2D eigenvalue weighted by molar-refractivity contribution is 6.30. The third-order valence-corrected chi connectivity index (χ3v) is 5.69. The Kier molecular flexibility index (Phi) is 6.33. The zero-order valence-corrected chi connectivity index (χ0v) is 19.4. The molecule has 0 saturated heterocycles. The van der Waals surface area contributed by atoms with E-state index < -0.39 is 0 Å². The number of hydrogen-bond donors (Lipinski definition) is 0. The molecule has 0 aliphatic heterocycles. The maximum absolute atomic E-state index is 13.3. The standard InChI is InChI=1S/C27H27ClN2O2/c1-27(2,3)22-10-5-7-12-24(22)32-18-8-17-30-25(19-13-15-20(28)16-14-19)29-23-11-6-4-9-21(23)26(30)31/h4-7,9-16H,8,17-18H2,1-3H3. The number of ether oxygens (including phenoxy) is 1. The second-order valence-electron chi connectivity index (χ2n) is 8.86. The van der Waals surface area contributed by atoms with E-state index >= 15 is 0 Å². The van der Waals surface area contributed by atoms with Gasteiger partial charge in [0.2, 0.25) is 0 Å². The monoisotopic (exact) mass is 446 g/mol. The molecule has 0 spiro atoms. The van der Waals surface area contributed by atoms with Crippen LogP contribution in [0.15, 0.2) is 77.6 Å². The highest BCUT2D eigenvalue weighted by Crippen LogP contribution is 2.31. The first-order chi connectivity index (χ1) is 15.3. The van der Waals surface area contributed by atoms with Crippen LogP contribution in [0.1, 0.15) is 32.8 Å². The zero-order valence-electron chi connectivity index (χ0n) is 18.6. The Hall–Kier alpha value is -3.11. The van der Waals surface area contributed by atoms with Crippen LogP contribution >= 0.6 is 11.6 Å². The van der Waals surface area contributed by atoms with Crippen LogP contribution in [-0.4, -0.2) is 16.2 Å². The molecule has 0 atom stereocenters. The Bertz CT molecular complexity index is 1290. The predicted molar refractivity (Wildman–Crippen MR) is 132 cm³/mol. The van der Waals surface area contributed by atoms with Crippen molar-refractivity contribution in [2.24, 2.45) is 0 Å². The van der Waals surface area contributed by atoms with Gasteiger partial charge < -0.3 is 4.74 Å². The Morgan fingerprint density at radius 2 is 1.62 bits per heavy atom. The molecule has 1 heterocycles. The van der Waals surface area contributed by atoms with Gasteiger partial charge in [-0.1, -0.05) is 62.7 Å². The van der Waals surface area contributed by atoms with Crippen molar-refractivity contribution in [3.63, 3.8) is 0 Å². The van der Waals surface area contributed by atoms with E-state index in [1.165, 1.54) is 5.56 Å². The van der Waals surface area contributed by atoms with Gasteiger partial charge in [-0.15, -0.1) is 0 Å². The van der Waals surface area contributed by atoms with Crippen LogP contribution in [0.2, 0.25) is 5.02 Å². The van der Waals surface area contributed by atoms with Crippen LogP contribution in [0.4, 0.5) is 0 Å². The number of nitrogens with zero attached hydrogens (tertiary/aromatic N) is 2. The molecule has 0 aliphatic rings. The highest BCUT2D eigenvalue weighted by atomic mass is 35.5. The quantitative estimate of drug-likeness (QED) is 0.318. The molecule has 4 nitrogen and oxygen atoms in total. The fraction of sp³-hybridized carbons (Fsp3) is 0.259. The van der Waals surface area contributed by atoms with E-state index in [1.54, 1.807) is 4.57 Å². The lowest BCUT2D eigenvalue weighted by atomic mass is 9.86. The van der Waals surface area contributed by atoms with Gasteiger partial charge in [0.15, 0.2) is 0 Å². The summed E-state index contributed by atoms with van der Waals surface area (Å²) in [6.45, 7) is 7.54. The Balaban J connectivity index is 1.60. The second-order valence-corrected chi connectivity index (χ2v) is 9.30. The average molecular weight is 447 g/mol. The van der Waals surface area contributed by atoms with Gasteiger partial charge in [0.1, 0.15) is 11.6 Å². The smallest absolute Gasteiger partial charge is 0.261 e. The van der Waals surface area contributed by atoms with Crippen LogP contribution in [0, 0.1) is 0 Å². The molecule has 0 amide bonds. The van der Waals surface area contributed by atoms with Gasteiger partial charge in [0, 0.05) is 17.1 Å². The molecule has 0 aliphatic carbocycles. The Morgan fingerprint density at radius 3 is 2.38 bits per heavy atom. The molecule has 0 unspecified atom stereocenters. The van der Waals surface area contributed by atoms with E-state index in [0.29, 0.717) is 41.3 Å². The molecular formula is C27H27ClN2O2. The largest absolute Gasteiger partial charge is 0.493 e. The van der Waals surface area contributed by atoms with Crippen LogP contribution in [0.25, 0.3) is 22.3 Å². The first-order valence-corrected chi connectivity index (χ1v) is 11.2. The molecule has 0 N–H and O–H groups in total. The maximum Gasteiger partial charge on any atom is 0.261 e. The van der Waals surface area contributed by atoms with Gasteiger partial charge >= 0.3 is 0 Å². The molecule has 4 rings (SSSR count). The number of benzene rings is 3. The molecule has 3 aromatic carbocycles. The van der Waals surface area contributed by atoms with Crippen molar-refractivity contribution in [3.05, 3.63) is 93.7 Å². The number of aromatic nitrogens is 2. The fourth-order valence-electron chi connectivity index (χ4n) is 3.81. The summed E-state index contributed by atoms with van der Waals surface area (Å²) in [7, 11) is 0. The van der Waals surface area contributed by atoms with Crippen LogP contribution in [-0.2, 0) is 12.0 Å². The third kappa shape index (κ3) is 4.71. The summed E-state index contributed by atoms with van der Waals surface area (Å²) in [5.74, 6) is 1.53. The molecule has 0 radical (unpaired) electrons. The molecule has 0 bridgehead atoms. The van der Waals surface area contributed by atoms with E-state index in [-0.39, 0.29) is 11.0 Å². The topological polar surface area (TPSA) is 44.1 Å². The van der Waals surface area contributed by atoms with Crippen LogP contribution < -0.4 is 10.3 Å². The first-order valence-electron chi connectivity index (χ1n) is 10.8. The zero-order chi connectivity index (χ0) is 22.7. The van der Waals surface area contributed by atoms with Crippen LogP contribution in [0.5, 0.6) is 5.75 Å². The van der Waals surface area contributed by atoms with E-state index in [4.69, 9.17) is 21.3 Å². The van der Waals surface area contributed by atoms with Gasteiger partial charge in [0.05, 0.1) is 17.5 Å². The maximum atomic E-state index is 13.3. The fourth-order valence-corrected chi connectivity index (χ4v) is 3.94. The summed E-state index contributed by atoms with van der Waals surface area (Å²) < 4.78 is 7.86. The van der Waals surface area contributed by atoms with E-state index in [0.717, 1.165) is 11.3 Å². The SMILES string of the molecule is CC(C)(C)c1ccccc1OCCCn1c(-c2ccc(Cl)cc2)nc2ccccc2c1=O. The van der Waals surface area contributed by atoms with Gasteiger partial charge in [-0.2, -0.15) is 0 Å². The minimum Gasteiger partial charge on any atom is -0.493 e. The summed E-state index contributed by atoms with van der Waals surface area (Å²) in [6.07, 6.45) is 0.680. The summed E-state index contributed by atoms with van der Waals surface area (Å²) in [5, 5.41) is 1.26. The lowest BCUT2D eigenvalue weighted by Crippen LogP contribution is -2.24. The number of hydrogen-bond acceptors (Lipinski definition) is 3. The van der Waals surface area contributed by atoms with Crippen molar-refractivity contribution in [2.75, 3.05) is 6.61 Å². The normalized spacial score (nSPS) is 11.6. The van der Waals surface area contributed by atoms with Gasteiger partial charge in [-0.25, -0.2) is 4.98 Å². The van der Waals surface area contributed by atoms with Gasteiger partial charge in [-0.3, -0.25) is 9.36 Å². The summed E-state index contributed by atoms with van der Waals surface area (Å²) in [5.41, 5.74) is 2.67. The van der Waals surface area contributed by atoms with E-state index in [2.05, 4.69) is 26.8 Å². The predicted octanol–water partition coefficient (Wildman–Crippen LogP) is 6.48. The Morgan fingerprint density at radius 1 is 0.938 bits per heavy atom. The Labute approximate surface area is 193 Å². The van der Waals surface area contributed by atoms with Crippen molar-refractivity contribution in [2.45, 2.75) is 39.2 Å². The molecule has 5 heteroatoms. The lowest BCUT2D eigenvalue weighted by Gasteiger charge is -2.22. The number of rotatable bonds is 6. The van der Waals surface area contributed by atoms with Gasteiger partial charge in [0.25, 0.3) is 5.56 Å². The van der Waals surface area contributed by atoms with E-state index in [9.17, 15) is 4.79 Å². The molecule has 164 valence electrons. The molecule has 4 aromatic rings. The van der Waals surface area contributed by atoms with Crippen molar-refractivity contribution in [1.82, 2.24) is 9.55 Å². The van der Waals surface area contributed by atoms with E-state index in [1.807, 2.05) is 66.7 Å². The van der Waals surface area contributed by atoms with Gasteiger partial charge in [-0.05, 0) is 59.9 Å². The molecule has 1 aromatic heterocycles. The summed E-state index contributed by atoms with van der Waals surface area (Å²) in [4.78, 5) is 18.1. The molecule has 32 heavy (non-hydrogen) atoms. The van der Waals surface area contributed by atoms with Crippen molar-refractivity contribution < 1.29 is 4.74 Å². The average Bonchev–Trinajstić information content (AvgIpc) is 2.78. The van der Waals surface area contributed by atoms with Crippen molar-refractivity contribution in [1.29, 1.82) is 0 Å². The highest BCUT2D eigenvalue weighted by Gasteiger charge is 2.18. The minimum absolute atomic E-state index is 0.00243. The molecule has 0 saturated carbocycles. The first kappa shape index (κ1) is 22.1.